The second kappa shape index (κ2) is 8.42. The van der Waals surface area contributed by atoms with Gasteiger partial charge in [-0.1, -0.05) is 34.8 Å². The number of carbonyl (C=O) groups is 1. The molecular formula is C21H20Cl3FN2O3. The van der Waals surface area contributed by atoms with E-state index < -0.39 is 11.4 Å². The Balaban J connectivity index is 1.43. The van der Waals surface area contributed by atoms with Gasteiger partial charge in [0.2, 0.25) is 5.91 Å². The summed E-state index contributed by atoms with van der Waals surface area (Å²) < 4.78 is 19.9. The van der Waals surface area contributed by atoms with E-state index in [9.17, 15) is 14.3 Å². The highest BCUT2D eigenvalue weighted by atomic mass is 35.5. The fraction of sp³-hybridized carbons (Fsp3) is 0.381. The number of rotatable bonds is 4. The Hall–Kier alpha value is -1.73. The third kappa shape index (κ3) is 4.33. The zero-order chi connectivity index (χ0) is 21.5. The molecule has 1 saturated heterocycles. The third-order valence-corrected chi connectivity index (χ3v) is 6.37. The molecule has 4 rings (SSSR count). The van der Waals surface area contributed by atoms with E-state index >= 15 is 0 Å². The molecule has 9 heteroatoms. The van der Waals surface area contributed by atoms with Gasteiger partial charge in [0.15, 0.2) is 0 Å². The molecular weight excluding hydrogens is 454 g/mol. The van der Waals surface area contributed by atoms with E-state index in [4.69, 9.17) is 39.5 Å². The van der Waals surface area contributed by atoms with Gasteiger partial charge in [-0.15, -0.1) is 0 Å². The molecule has 5 nitrogen and oxygen atoms in total. The standard InChI is InChI=1S/C21H20Cl3FN2O3/c22-12-9-14(23)20(15(24)10-12)27-7-5-21(29,6-8-27)11-30-17-3-2-16(25)19-13(17)1-4-18(28)26-19/h2-3,9-10,29H,1,4-8,11H2,(H,26,28). The summed E-state index contributed by atoms with van der Waals surface area (Å²) in [7, 11) is 0. The van der Waals surface area contributed by atoms with Gasteiger partial charge in [-0.25, -0.2) is 4.39 Å². The largest absolute Gasteiger partial charge is 0.490 e. The van der Waals surface area contributed by atoms with Crippen LogP contribution in [0.15, 0.2) is 24.3 Å². The molecule has 0 spiro atoms. The molecule has 0 atom stereocenters. The number of piperidine rings is 1. The summed E-state index contributed by atoms with van der Waals surface area (Å²) in [6.45, 7) is 1.14. The van der Waals surface area contributed by atoms with Crippen molar-refractivity contribution in [3.63, 3.8) is 0 Å². The highest BCUT2D eigenvalue weighted by Crippen LogP contribution is 2.39. The van der Waals surface area contributed by atoms with Crippen molar-refractivity contribution in [1.82, 2.24) is 0 Å². The fourth-order valence-corrected chi connectivity index (χ4v) is 4.95. The summed E-state index contributed by atoms with van der Waals surface area (Å²) in [5, 5.41) is 15.0. The Morgan fingerprint density at radius 2 is 1.80 bits per heavy atom. The van der Waals surface area contributed by atoms with Gasteiger partial charge >= 0.3 is 0 Å². The normalized spacial score (nSPS) is 18.0. The SMILES string of the molecule is O=C1CCc2c(OCC3(O)CCN(c4c(Cl)cc(Cl)cc4Cl)CC3)ccc(F)c2N1. The van der Waals surface area contributed by atoms with E-state index in [2.05, 4.69) is 5.32 Å². The van der Waals surface area contributed by atoms with E-state index in [0.717, 1.165) is 0 Å². The topological polar surface area (TPSA) is 61.8 Å². The van der Waals surface area contributed by atoms with Gasteiger partial charge in [0.25, 0.3) is 0 Å². The predicted octanol–water partition coefficient (Wildman–Crippen LogP) is 5.08. The molecule has 2 aromatic carbocycles. The van der Waals surface area contributed by atoms with E-state index in [0.29, 0.717) is 64.4 Å². The molecule has 2 aliphatic heterocycles. The summed E-state index contributed by atoms with van der Waals surface area (Å²) in [5.41, 5.74) is 0.447. The molecule has 0 aliphatic carbocycles. The van der Waals surface area contributed by atoms with Crippen molar-refractivity contribution in [2.45, 2.75) is 31.3 Å². The number of hydrogen-bond acceptors (Lipinski definition) is 4. The Bertz CT molecular complexity index is 971. The number of amides is 1. The van der Waals surface area contributed by atoms with Crippen molar-refractivity contribution < 1.29 is 19.0 Å². The van der Waals surface area contributed by atoms with Crippen molar-refractivity contribution in [3.05, 3.63) is 50.7 Å². The summed E-state index contributed by atoms with van der Waals surface area (Å²) in [6, 6.07) is 6.09. The van der Waals surface area contributed by atoms with E-state index in [1.807, 2.05) is 4.90 Å². The first-order valence-corrected chi connectivity index (χ1v) is 10.7. The van der Waals surface area contributed by atoms with E-state index in [1.165, 1.54) is 12.1 Å². The molecule has 0 radical (unpaired) electrons. The second-order valence-corrected chi connectivity index (χ2v) is 8.92. The number of aliphatic hydroxyl groups is 1. The quantitative estimate of drug-likeness (QED) is 0.650. The summed E-state index contributed by atoms with van der Waals surface area (Å²) in [4.78, 5) is 13.6. The van der Waals surface area contributed by atoms with Crippen LogP contribution >= 0.6 is 34.8 Å². The van der Waals surface area contributed by atoms with Crippen LogP contribution < -0.4 is 15.0 Å². The average Bonchev–Trinajstić information content (AvgIpc) is 2.69. The van der Waals surface area contributed by atoms with Crippen LogP contribution in [-0.2, 0) is 11.2 Å². The zero-order valence-electron chi connectivity index (χ0n) is 16.0. The maximum absolute atomic E-state index is 14.0. The third-order valence-electron chi connectivity index (χ3n) is 5.57. The van der Waals surface area contributed by atoms with Crippen molar-refractivity contribution in [3.8, 4) is 5.75 Å². The van der Waals surface area contributed by atoms with Crippen LogP contribution in [0.2, 0.25) is 15.1 Å². The van der Waals surface area contributed by atoms with Crippen LogP contribution in [0.5, 0.6) is 5.75 Å². The molecule has 2 N–H and O–H groups in total. The highest BCUT2D eigenvalue weighted by molar-refractivity contribution is 6.41. The van der Waals surface area contributed by atoms with Gasteiger partial charge < -0.3 is 20.1 Å². The lowest BCUT2D eigenvalue weighted by Crippen LogP contribution is -2.48. The number of carbonyl (C=O) groups excluding carboxylic acids is 1. The Kier molecular flexibility index (Phi) is 6.04. The summed E-state index contributed by atoms with van der Waals surface area (Å²) >= 11 is 18.6. The molecule has 0 bridgehead atoms. The number of ether oxygens (including phenoxy) is 1. The molecule has 0 unspecified atom stereocenters. The Morgan fingerprint density at radius 3 is 2.47 bits per heavy atom. The van der Waals surface area contributed by atoms with Crippen molar-refractivity contribution >= 4 is 52.1 Å². The summed E-state index contributed by atoms with van der Waals surface area (Å²) in [5.74, 6) is -0.232. The molecule has 160 valence electrons. The first-order valence-electron chi connectivity index (χ1n) is 9.62. The molecule has 2 aliphatic rings. The monoisotopic (exact) mass is 472 g/mol. The molecule has 0 aromatic heterocycles. The van der Waals surface area contributed by atoms with Crippen molar-refractivity contribution in [2.75, 3.05) is 29.9 Å². The number of halogens is 4. The van der Waals surface area contributed by atoms with Gasteiger partial charge in [-0.3, -0.25) is 4.79 Å². The van der Waals surface area contributed by atoms with Crippen LogP contribution in [-0.4, -0.2) is 36.3 Å². The van der Waals surface area contributed by atoms with Crippen molar-refractivity contribution in [2.24, 2.45) is 0 Å². The average molecular weight is 474 g/mol. The number of anilines is 2. The predicted molar refractivity (Wildman–Crippen MR) is 117 cm³/mol. The lowest BCUT2D eigenvalue weighted by molar-refractivity contribution is -0.116. The molecule has 1 amide bonds. The second-order valence-electron chi connectivity index (χ2n) is 7.67. The minimum Gasteiger partial charge on any atom is -0.490 e. The lowest BCUT2D eigenvalue weighted by Gasteiger charge is -2.39. The van der Waals surface area contributed by atoms with E-state index in [1.54, 1.807) is 12.1 Å². The van der Waals surface area contributed by atoms with Crippen molar-refractivity contribution in [1.29, 1.82) is 0 Å². The van der Waals surface area contributed by atoms with Crippen LogP contribution in [0.4, 0.5) is 15.8 Å². The molecule has 2 heterocycles. The van der Waals surface area contributed by atoms with Gasteiger partial charge in [0, 0.05) is 30.1 Å². The molecule has 30 heavy (non-hydrogen) atoms. The smallest absolute Gasteiger partial charge is 0.224 e. The van der Waals surface area contributed by atoms with Crippen LogP contribution in [0.3, 0.4) is 0 Å². The van der Waals surface area contributed by atoms with Crippen LogP contribution in [0.25, 0.3) is 0 Å². The number of fused-ring (bicyclic) bond motifs is 1. The number of hydrogen-bond donors (Lipinski definition) is 2. The fourth-order valence-electron chi connectivity index (χ4n) is 3.90. The maximum atomic E-state index is 14.0. The van der Waals surface area contributed by atoms with Gasteiger partial charge in [-0.05, 0) is 43.5 Å². The first-order chi connectivity index (χ1) is 14.3. The minimum absolute atomic E-state index is 0.0644. The van der Waals surface area contributed by atoms with Gasteiger partial charge in [-0.2, -0.15) is 0 Å². The number of nitrogens with zero attached hydrogens (tertiary/aromatic N) is 1. The minimum atomic E-state index is -1.04. The Labute approximate surface area is 188 Å². The first kappa shape index (κ1) is 21.5. The van der Waals surface area contributed by atoms with Crippen LogP contribution in [0, 0.1) is 5.82 Å². The van der Waals surface area contributed by atoms with Gasteiger partial charge in [0.05, 0.1) is 21.4 Å². The molecule has 0 saturated carbocycles. The summed E-state index contributed by atoms with van der Waals surface area (Å²) in [6.07, 6.45) is 1.56. The number of benzene rings is 2. The maximum Gasteiger partial charge on any atom is 0.224 e. The van der Waals surface area contributed by atoms with Crippen LogP contribution in [0.1, 0.15) is 24.8 Å². The zero-order valence-corrected chi connectivity index (χ0v) is 18.2. The Morgan fingerprint density at radius 1 is 1.13 bits per heavy atom. The number of nitrogens with one attached hydrogen (secondary N) is 1. The molecule has 2 aromatic rings. The van der Waals surface area contributed by atoms with E-state index in [-0.39, 0.29) is 24.6 Å². The highest BCUT2D eigenvalue weighted by Gasteiger charge is 2.35. The van der Waals surface area contributed by atoms with Gasteiger partial charge in [0.1, 0.15) is 23.8 Å². The molecule has 1 fully saturated rings. The lowest BCUT2D eigenvalue weighted by atomic mass is 9.92.